The largest absolute Gasteiger partial charge is 0.497 e. The molecule has 0 atom stereocenters. The standard InChI is InChI=1S/C16H16NO2/c1-13-5-3-4-11-17(13)12-10-16(18)14-6-8-15(19-2)9-7-14/h3-12H,1-2H3/q+1/b12-10+. The Balaban J connectivity index is 2.14. The molecule has 0 aliphatic rings. The normalized spacial score (nSPS) is 10.6. The van der Waals surface area contributed by atoms with Crippen LogP contribution < -0.4 is 9.30 Å². The van der Waals surface area contributed by atoms with E-state index in [9.17, 15) is 4.79 Å². The molecule has 19 heavy (non-hydrogen) atoms. The maximum Gasteiger partial charge on any atom is 0.191 e. The number of aryl methyl sites for hydroxylation is 1. The fourth-order valence-electron chi connectivity index (χ4n) is 1.71. The fourth-order valence-corrected chi connectivity index (χ4v) is 1.71. The molecule has 0 bridgehead atoms. The van der Waals surface area contributed by atoms with Gasteiger partial charge in [-0.25, -0.2) is 0 Å². The zero-order chi connectivity index (χ0) is 13.7. The van der Waals surface area contributed by atoms with E-state index in [0.717, 1.165) is 11.4 Å². The van der Waals surface area contributed by atoms with Crippen LogP contribution in [-0.2, 0) is 0 Å². The zero-order valence-corrected chi connectivity index (χ0v) is 11.0. The van der Waals surface area contributed by atoms with Gasteiger partial charge in [-0.1, -0.05) is 6.07 Å². The first-order valence-corrected chi connectivity index (χ1v) is 6.04. The Kier molecular flexibility index (Phi) is 4.08. The number of carbonyl (C=O) groups is 1. The minimum atomic E-state index is -0.0293. The number of hydrogen-bond acceptors (Lipinski definition) is 2. The molecule has 0 aliphatic heterocycles. The van der Waals surface area contributed by atoms with Crippen molar-refractivity contribution in [2.45, 2.75) is 6.92 Å². The molecule has 0 N–H and O–H groups in total. The highest BCUT2D eigenvalue weighted by molar-refractivity contribution is 6.05. The van der Waals surface area contributed by atoms with E-state index in [0.29, 0.717) is 5.56 Å². The van der Waals surface area contributed by atoms with Crippen molar-refractivity contribution in [3.05, 3.63) is 66.0 Å². The molecule has 1 heterocycles. The zero-order valence-electron chi connectivity index (χ0n) is 11.0. The van der Waals surface area contributed by atoms with Gasteiger partial charge in [0.05, 0.1) is 13.2 Å². The summed E-state index contributed by atoms with van der Waals surface area (Å²) in [4.78, 5) is 12.0. The van der Waals surface area contributed by atoms with Crippen LogP contribution in [0.3, 0.4) is 0 Å². The summed E-state index contributed by atoms with van der Waals surface area (Å²) in [6, 6.07) is 13.0. The predicted molar refractivity (Wildman–Crippen MR) is 74.0 cm³/mol. The third kappa shape index (κ3) is 3.28. The van der Waals surface area contributed by atoms with Gasteiger partial charge in [0.1, 0.15) is 5.75 Å². The molecule has 0 radical (unpaired) electrons. The van der Waals surface area contributed by atoms with Crippen molar-refractivity contribution in [3.63, 3.8) is 0 Å². The van der Waals surface area contributed by atoms with E-state index >= 15 is 0 Å². The van der Waals surface area contributed by atoms with Gasteiger partial charge in [-0.2, -0.15) is 4.57 Å². The molecule has 0 fully saturated rings. The monoisotopic (exact) mass is 254 g/mol. The van der Waals surface area contributed by atoms with Crippen LogP contribution in [0.2, 0.25) is 0 Å². The molecule has 2 aromatic rings. The number of benzene rings is 1. The molecule has 3 heteroatoms. The topological polar surface area (TPSA) is 30.2 Å². The maximum atomic E-state index is 12.0. The highest BCUT2D eigenvalue weighted by atomic mass is 16.5. The molecule has 1 aromatic carbocycles. The summed E-state index contributed by atoms with van der Waals surface area (Å²) < 4.78 is 6.96. The van der Waals surface area contributed by atoms with E-state index < -0.39 is 0 Å². The Morgan fingerprint density at radius 2 is 1.89 bits per heavy atom. The van der Waals surface area contributed by atoms with Gasteiger partial charge in [0.15, 0.2) is 23.9 Å². The van der Waals surface area contributed by atoms with Crippen molar-refractivity contribution < 1.29 is 14.1 Å². The van der Waals surface area contributed by atoms with Gasteiger partial charge in [0, 0.05) is 24.6 Å². The van der Waals surface area contributed by atoms with Crippen LogP contribution in [0.1, 0.15) is 16.1 Å². The van der Waals surface area contributed by atoms with Crippen LogP contribution in [-0.4, -0.2) is 12.9 Å². The van der Waals surface area contributed by atoms with Crippen molar-refractivity contribution >= 4 is 12.0 Å². The lowest BCUT2D eigenvalue weighted by Crippen LogP contribution is -2.29. The second kappa shape index (κ2) is 5.96. The maximum absolute atomic E-state index is 12.0. The first-order valence-electron chi connectivity index (χ1n) is 6.04. The lowest BCUT2D eigenvalue weighted by Gasteiger charge is -1.99. The minimum Gasteiger partial charge on any atom is -0.497 e. The molecular formula is C16H16NO2+. The second-order valence-electron chi connectivity index (χ2n) is 4.16. The number of aromatic nitrogens is 1. The first-order chi connectivity index (χ1) is 9.20. The molecule has 96 valence electrons. The Bertz CT molecular complexity index is 600. The fraction of sp³-hybridized carbons (Fsp3) is 0.125. The van der Waals surface area contributed by atoms with E-state index in [2.05, 4.69) is 0 Å². The van der Waals surface area contributed by atoms with Crippen molar-refractivity contribution in [2.24, 2.45) is 0 Å². The smallest absolute Gasteiger partial charge is 0.191 e. The molecule has 0 spiro atoms. The molecule has 1 aromatic heterocycles. The minimum absolute atomic E-state index is 0.0293. The Morgan fingerprint density at radius 3 is 2.53 bits per heavy atom. The molecule has 0 saturated heterocycles. The van der Waals surface area contributed by atoms with Gasteiger partial charge < -0.3 is 4.74 Å². The van der Waals surface area contributed by atoms with Crippen molar-refractivity contribution in [2.75, 3.05) is 7.11 Å². The summed E-state index contributed by atoms with van der Waals surface area (Å²) in [5, 5.41) is 0. The van der Waals surface area contributed by atoms with E-state index in [1.165, 1.54) is 0 Å². The number of ether oxygens (including phenoxy) is 1. The van der Waals surface area contributed by atoms with Crippen LogP contribution in [0.15, 0.2) is 54.7 Å². The number of pyridine rings is 1. The first kappa shape index (κ1) is 13.0. The van der Waals surface area contributed by atoms with E-state index in [4.69, 9.17) is 4.74 Å². The lowest BCUT2D eigenvalue weighted by molar-refractivity contribution is -0.575. The molecule has 0 aliphatic carbocycles. The average molecular weight is 254 g/mol. The van der Waals surface area contributed by atoms with Crippen LogP contribution in [0.5, 0.6) is 5.75 Å². The third-order valence-electron chi connectivity index (χ3n) is 2.86. The van der Waals surface area contributed by atoms with Crippen LogP contribution >= 0.6 is 0 Å². The number of methoxy groups -OCH3 is 1. The van der Waals surface area contributed by atoms with E-state index in [1.807, 2.05) is 35.9 Å². The molecule has 0 saturated carbocycles. The number of carbonyl (C=O) groups excluding carboxylic acids is 1. The van der Waals surface area contributed by atoms with Gasteiger partial charge in [-0.3, -0.25) is 4.79 Å². The number of hydrogen-bond donors (Lipinski definition) is 0. The third-order valence-corrected chi connectivity index (χ3v) is 2.86. The van der Waals surface area contributed by atoms with Crippen molar-refractivity contribution in [3.8, 4) is 5.75 Å². The summed E-state index contributed by atoms with van der Waals surface area (Å²) in [5.74, 6) is 0.715. The van der Waals surface area contributed by atoms with E-state index in [-0.39, 0.29) is 5.78 Å². The van der Waals surface area contributed by atoms with Crippen LogP contribution in [0.25, 0.3) is 6.20 Å². The summed E-state index contributed by atoms with van der Waals surface area (Å²) in [6.45, 7) is 1.99. The number of allylic oxidation sites excluding steroid dienone is 1. The summed E-state index contributed by atoms with van der Waals surface area (Å²) >= 11 is 0. The van der Waals surface area contributed by atoms with Gasteiger partial charge in [0.25, 0.3) is 0 Å². The van der Waals surface area contributed by atoms with Gasteiger partial charge >= 0.3 is 0 Å². The molecular weight excluding hydrogens is 238 g/mol. The van der Waals surface area contributed by atoms with Gasteiger partial charge in [-0.05, 0) is 24.3 Å². The van der Waals surface area contributed by atoms with Crippen LogP contribution in [0.4, 0.5) is 0 Å². The predicted octanol–water partition coefficient (Wildman–Crippen LogP) is 2.64. The Morgan fingerprint density at radius 1 is 1.16 bits per heavy atom. The molecule has 0 unspecified atom stereocenters. The highest BCUT2D eigenvalue weighted by Gasteiger charge is 2.05. The SMILES string of the molecule is COc1ccc(C(=O)/C=C/[n+]2ccccc2C)cc1. The number of ketones is 1. The van der Waals surface area contributed by atoms with Crippen LogP contribution in [0, 0.1) is 6.92 Å². The number of nitrogens with zero attached hydrogens (tertiary/aromatic N) is 1. The Labute approximate surface area is 112 Å². The lowest BCUT2D eigenvalue weighted by atomic mass is 10.1. The average Bonchev–Trinajstić information content (AvgIpc) is 2.46. The highest BCUT2D eigenvalue weighted by Crippen LogP contribution is 2.11. The van der Waals surface area contributed by atoms with Gasteiger partial charge in [-0.15, -0.1) is 0 Å². The molecule has 0 amide bonds. The second-order valence-corrected chi connectivity index (χ2v) is 4.16. The quantitative estimate of drug-likeness (QED) is 0.477. The molecule has 2 rings (SSSR count). The van der Waals surface area contributed by atoms with Crippen molar-refractivity contribution in [1.29, 1.82) is 0 Å². The van der Waals surface area contributed by atoms with Crippen molar-refractivity contribution in [1.82, 2.24) is 0 Å². The van der Waals surface area contributed by atoms with Gasteiger partial charge in [0.2, 0.25) is 0 Å². The summed E-state index contributed by atoms with van der Waals surface area (Å²) in [6.07, 6.45) is 5.24. The summed E-state index contributed by atoms with van der Waals surface area (Å²) in [7, 11) is 1.60. The van der Waals surface area contributed by atoms with E-state index in [1.54, 1.807) is 43.7 Å². The molecule has 3 nitrogen and oxygen atoms in total. The Hall–Kier alpha value is -2.42. The summed E-state index contributed by atoms with van der Waals surface area (Å²) in [5.41, 5.74) is 1.72. The number of rotatable bonds is 4.